The molecule has 0 radical (unpaired) electrons. The van der Waals surface area contributed by atoms with E-state index in [1.54, 1.807) is 19.2 Å². The van der Waals surface area contributed by atoms with Crippen LogP contribution in [0.2, 0.25) is 0 Å². The first-order valence-corrected chi connectivity index (χ1v) is 9.55. The first-order valence-electron chi connectivity index (χ1n) is 7.70. The van der Waals surface area contributed by atoms with E-state index >= 15 is 0 Å². The lowest BCUT2D eigenvalue weighted by molar-refractivity contribution is -0.120. The number of rotatable bonds is 10. The Kier molecular flexibility index (Phi) is 8.05. The van der Waals surface area contributed by atoms with Crippen molar-refractivity contribution in [1.82, 2.24) is 5.32 Å². The van der Waals surface area contributed by atoms with Gasteiger partial charge in [0.2, 0.25) is 15.9 Å². The number of methoxy groups -OCH3 is 1. The van der Waals surface area contributed by atoms with E-state index in [1.807, 2.05) is 19.1 Å². The third-order valence-corrected chi connectivity index (χ3v) is 4.62. The fraction of sp³-hybridized carbons (Fsp3) is 0.562. The number of carbonyl (C=O) groups excluding carboxylic acids is 1. The molecular formula is C16H26N2O4S. The molecule has 1 aromatic rings. The maximum Gasteiger partial charge on any atom is 0.232 e. The minimum atomic E-state index is -3.43. The van der Waals surface area contributed by atoms with Gasteiger partial charge >= 0.3 is 0 Å². The number of benzene rings is 1. The van der Waals surface area contributed by atoms with Crippen LogP contribution in [0.15, 0.2) is 24.3 Å². The number of carbonyl (C=O) groups is 1. The monoisotopic (exact) mass is 342 g/mol. The van der Waals surface area contributed by atoms with Crippen LogP contribution in [0.1, 0.15) is 25.3 Å². The van der Waals surface area contributed by atoms with Crippen molar-refractivity contribution in [3.63, 3.8) is 0 Å². The van der Waals surface area contributed by atoms with E-state index < -0.39 is 10.0 Å². The highest BCUT2D eigenvalue weighted by Crippen LogP contribution is 2.19. The molecule has 0 unspecified atom stereocenters. The number of amides is 1. The van der Waals surface area contributed by atoms with Crippen LogP contribution in [-0.2, 0) is 26.0 Å². The first-order chi connectivity index (χ1) is 10.9. The number of sulfonamides is 1. The fourth-order valence-electron chi connectivity index (χ4n) is 2.12. The van der Waals surface area contributed by atoms with Crippen molar-refractivity contribution < 1.29 is 17.9 Å². The molecule has 1 amide bonds. The van der Waals surface area contributed by atoms with Gasteiger partial charge in [-0.05, 0) is 30.5 Å². The third kappa shape index (κ3) is 7.00. The smallest absolute Gasteiger partial charge is 0.232 e. The van der Waals surface area contributed by atoms with E-state index in [-0.39, 0.29) is 18.9 Å². The zero-order valence-corrected chi connectivity index (χ0v) is 14.9. The Morgan fingerprint density at radius 2 is 1.91 bits per heavy atom. The molecular weight excluding hydrogens is 316 g/mol. The molecule has 23 heavy (non-hydrogen) atoms. The zero-order valence-electron chi connectivity index (χ0n) is 14.0. The third-order valence-electron chi connectivity index (χ3n) is 3.42. The minimum Gasteiger partial charge on any atom is -0.385 e. The van der Waals surface area contributed by atoms with Crippen molar-refractivity contribution in [3.8, 4) is 0 Å². The van der Waals surface area contributed by atoms with Gasteiger partial charge in [0.1, 0.15) is 0 Å². The highest BCUT2D eigenvalue weighted by atomic mass is 32.2. The summed E-state index contributed by atoms with van der Waals surface area (Å²) in [6, 6.07) is 7.35. The normalized spacial score (nSPS) is 11.3. The molecule has 0 spiro atoms. The topological polar surface area (TPSA) is 75.7 Å². The van der Waals surface area contributed by atoms with Crippen molar-refractivity contribution in [3.05, 3.63) is 29.8 Å². The minimum absolute atomic E-state index is 0.121. The summed E-state index contributed by atoms with van der Waals surface area (Å²) in [5, 5.41) is 2.75. The van der Waals surface area contributed by atoms with Gasteiger partial charge in [0, 0.05) is 33.2 Å². The average molecular weight is 342 g/mol. The molecule has 0 atom stereocenters. The second-order valence-corrected chi connectivity index (χ2v) is 7.21. The Morgan fingerprint density at radius 3 is 2.43 bits per heavy atom. The molecule has 0 heterocycles. The number of hydrogen-bond donors (Lipinski definition) is 1. The lowest BCUT2D eigenvalue weighted by Gasteiger charge is -2.22. The molecule has 0 aromatic heterocycles. The van der Waals surface area contributed by atoms with E-state index in [1.165, 1.54) is 4.31 Å². The Morgan fingerprint density at radius 1 is 1.26 bits per heavy atom. The highest BCUT2D eigenvalue weighted by Gasteiger charge is 2.18. The van der Waals surface area contributed by atoms with E-state index in [2.05, 4.69) is 5.32 Å². The molecule has 7 heteroatoms. The molecule has 0 aliphatic carbocycles. The lowest BCUT2D eigenvalue weighted by Crippen LogP contribution is -2.35. The van der Waals surface area contributed by atoms with Gasteiger partial charge in [0.15, 0.2) is 0 Å². The molecule has 0 fully saturated rings. The summed E-state index contributed by atoms with van der Waals surface area (Å²) in [4.78, 5) is 11.8. The van der Waals surface area contributed by atoms with E-state index in [4.69, 9.17) is 4.74 Å². The molecule has 0 aliphatic rings. The SMILES string of the molecule is CCc1ccc(N(CCC(=O)NCCCOC)S(C)(=O)=O)cc1. The van der Waals surface area contributed by atoms with E-state index in [9.17, 15) is 13.2 Å². The largest absolute Gasteiger partial charge is 0.385 e. The van der Waals surface area contributed by atoms with Gasteiger partial charge in [-0.15, -0.1) is 0 Å². The second-order valence-electron chi connectivity index (χ2n) is 5.30. The molecule has 0 saturated carbocycles. The summed E-state index contributed by atoms with van der Waals surface area (Å²) in [6.45, 7) is 3.27. The van der Waals surface area contributed by atoms with Crippen molar-refractivity contribution in [1.29, 1.82) is 0 Å². The fourth-order valence-corrected chi connectivity index (χ4v) is 3.05. The molecule has 1 N–H and O–H groups in total. The molecule has 0 saturated heterocycles. The Balaban J connectivity index is 2.64. The van der Waals surface area contributed by atoms with Gasteiger partial charge in [-0.3, -0.25) is 9.10 Å². The lowest BCUT2D eigenvalue weighted by atomic mass is 10.1. The number of hydrogen-bond acceptors (Lipinski definition) is 4. The highest BCUT2D eigenvalue weighted by molar-refractivity contribution is 7.92. The van der Waals surface area contributed by atoms with Gasteiger partial charge in [0.05, 0.1) is 11.9 Å². The van der Waals surface area contributed by atoms with Gasteiger partial charge in [-0.25, -0.2) is 8.42 Å². The summed E-state index contributed by atoms with van der Waals surface area (Å²) in [6.07, 6.45) is 2.90. The number of ether oxygens (including phenoxy) is 1. The predicted octanol–water partition coefficient (Wildman–Crippen LogP) is 1.56. The van der Waals surface area contributed by atoms with Crippen LogP contribution in [0, 0.1) is 0 Å². The second kappa shape index (κ2) is 9.52. The Bertz CT molecular complexity index is 585. The van der Waals surface area contributed by atoms with E-state index in [0.717, 1.165) is 24.7 Å². The predicted molar refractivity (Wildman–Crippen MR) is 92.1 cm³/mol. The molecule has 1 aromatic carbocycles. The first kappa shape index (κ1) is 19.4. The van der Waals surface area contributed by atoms with Crippen LogP contribution in [0.4, 0.5) is 5.69 Å². The molecule has 6 nitrogen and oxygen atoms in total. The molecule has 1 rings (SSSR count). The summed E-state index contributed by atoms with van der Waals surface area (Å²) in [5.74, 6) is -0.167. The number of nitrogens with zero attached hydrogens (tertiary/aromatic N) is 1. The summed E-state index contributed by atoms with van der Waals surface area (Å²) in [7, 11) is -1.82. The van der Waals surface area contributed by atoms with Gasteiger partial charge in [0.25, 0.3) is 0 Å². The van der Waals surface area contributed by atoms with Crippen molar-refractivity contribution >= 4 is 21.6 Å². The van der Waals surface area contributed by atoms with Crippen LogP contribution < -0.4 is 9.62 Å². The maximum atomic E-state index is 12.0. The van der Waals surface area contributed by atoms with Crippen LogP contribution in [0.3, 0.4) is 0 Å². The van der Waals surface area contributed by atoms with Gasteiger partial charge < -0.3 is 10.1 Å². The standard InChI is InChI=1S/C16H26N2O4S/c1-4-14-6-8-15(9-7-14)18(23(3,20)21)12-10-16(19)17-11-5-13-22-2/h6-9H,4-5,10-13H2,1-3H3,(H,17,19). The summed E-state index contributed by atoms with van der Waals surface area (Å²) in [5.41, 5.74) is 1.72. The van der Waals surface area contributed by atoms with Crippen molar-refractivity contribution in [2.75, 3.05) is 37.4 Å². The maximum absolute atomic E-state index is 12.0. The molecule has 130 valence electrons. The van der Waals surface area contributed by atoms with E-state index in [0.29, 0.717) is 18.8 Å². The summed E-state index contributed by atoms with van der Waals surface area (Å²) < 4.78 is 30.1. The number of anilines is 1. The molecule has 0 bridgehead atoms. The van der Waals surface area contributed by atoms with Gasteiger partial charge in [-0.1, -0.05) is 19.1 Å². The Hall–Kier alpha value is -1.60. The number of nitrogens with one attached hydrogen (secondary N) is 1. The van der Waals surface area contributed by atoms with Gasteiger partial charge in [-0.2, -0.15) is 0 Å². The quantitative estimate of drug-likeness (QED) is 0.655. The zero-order chi connectivity index (χ0) is 17.3. The average Bonchev–Trinajstić information content (AvgIpc) is 2.51. The van der Waals surface area contributed by atoms with Crippen LogP contribution in [-0.4, -0.2) is 47.4 Å². The van der Waals surface area contributed by atoms with Crippen molar-refractivity contribution in [2.45, 2.75) is 26.2 Å². The molecule has 0 aliphatic heterocycles. The Labute approximate surface area is 138 Å². The number of aryl methyl sites for hydroxylation is 1. The van der Waals surface area contributed by atoms with Crippen LogP contribution >= 0.6 is 0 Å². The van der Waals surface area contributed by atoms with Crippen LogP contribution in [0.5, 0.6) is 0 Å². The summed E-state index contributed by atoms with van der Waals surface area (Å²) >= 11 is 0. The van der Waals surface area contributed by atoms with Crippen LogP contribution in [0.25, 0.3) is 0 Å². The van der Waals surface area contributed by atoms with Crippen molar-refractivity contribution in [2.24, 2.45) is 0 Å².